The maximum atomic E-state index is 12.1. The molecule has 5 nitrogen and oxygen atoms in total. The molecule has 1 aliphatic heterocycles. The average Bonchev–Trinajstić information content (AvgIpc) is 2.88. The predicted octanol–water partition coefficient (Wildman–Crippen LogP) is 2.05. The molecule has 1 aliphatic rings. The van der Waals surface area contributed by atoms with Crippen LogP contribution in [-0.2, 0) is 16.4 Å². The van der Waals surface area contributed by atoms with Crippen LogP contribution in [0.5, 0.6) is 0 Å². The number of hydrogen-bond acceptors (Lipinski definition) is 4. The van der Waals surface area contributed by atoms with E-state index in [4.69, 9.17) is 0 Å². The Morgan fingerprint density at radius 3 is 2.74 bits per heavy atom. The summed E-state index contributed by atoms with van der Waals surface area (Å²) in [6, 6.07) is 6.03. The number of rotatable bonds is 9. The highest BCUT2D eigenvalue weighted by Gasteiger charge is 2.34. The van der Waals surface area contributed by atoms with Gasteiger partial charge in [0.2, 0.25) is 10.0 Å². The second-order valence-electron chi connectivity index (χ2n) is 6.42. The van der Waals surface area contributed by atoms with Crippen LogP contribution in [-0.4, -0.2) is 49.7 Å². The lowest BCUT2D eigenvalue weighted by Gasteiger charge is -2.19. The molecular weight excluding hydrogens is 310 g/mol. The summed E-state index contributed by atoms with van der Waals surface area (Å²) < 4.78 is 27.1. The molecule has 0 amide bonds. The van der Waals surface area contributed by atoms with Crippen LogP contribution in [0.4, 0.5) is 0 Å². The summed E-state index contributed by atoms with van der Waals surface area (Å²) >= 11 is 0. The van der Waals surface area contributed by atoms with E-state index in [1.54, 1.807) is 0 Å². The summed E-state index contributed by atoms with van der Waals surface area (Å²) in [6.45, 7) is 6.77. The van der Waals surface area contributed by atoms with E-state index in [0.29, 0.717) is 12.3 Å². The lowest BCUT2D eigenvalue weighted by molar-refractivity contribution is 0.323. The standard InChI is InChI=1S/C17H29N3O2S/c1-3-7-15-13-20(11-9-16-8-5-6-10-18-16)14-17(15)19-23(21,22)12-4-2/h5-6,8,10,15,17,19H,3-4,7,9,11-14H2,1-2H3/t15-,17-/m0/s1. The normalized spacial score (nSPS) is 22.5. The van der Waals surface area contributed by atoms with Crippen molar-refractivity contribution in [1.82, 2.24) is 14.6 Å². The topological polar surface area (TPSA) is 62.3 Å². The van der Waals surface area contributed by atoms with Crippen molar-refractivity contribution in [3.05, 3.63) is 30.1 Å². The largest absolute Gasteiger partial charge is 0.301 e. The molecule has 1 N–H and O–H groups in total. The third kappa shape index (κ3) is 5.86. The first kappa shape index (κ1) is 18.4. The Balaban J connectivity index is 1.91. The van der Waals surface area contributed by atoms with Gasteiger partial charge in [-0.2, -0.15) is 0 Å². The van der Waals surface area contributed by atoms with Crippen LogP contribution in [0.1, 0.15) is 38.8 Å². The Morgan fingerprint density at radius 2 is 2.09 bits per heavy atom. The molecule has 0 radical (unpaired) electrons. The van der Waals surface area contributed by atoms with Crippen molar-refractivity contribution in [2.75, 3.05) is 25.4 Å². The molecule has 2 rings (SSSR count). The molecule has 23 heavy (non-hydrogen) atoms. The Labute approximate surface area is 140 Å². The zero-order valence-corrected chi connectivity index (χ0v) is 15.1. The van der Waals surface area contributed by atoms with Gasteiger partial charge in [-0.1, -0.05) is 26.3 Å². The summed E-state index contributed by atoms with van der Waals surface area (Å²) in [5.74, 6) is 0.631. The van der Waals surface area contributed by atoms with E-state index in [0.717, 1.165) is 44.6 Å². The fourth-order valence-corrected chi connectivity index (χ4v) is 4.70. The minimum absolute atomic E-state index is 0.0511. The van der Waals surface area contributed by atoms with Crippen LogP contribution in [0.15, 0.2) is 24.4 Å². The second kappa shape index (κ2) is 8.76. The summed E-state index contributed by atoms with van der Waals surface area (Å²) in [4.78, 5) is 6.73. The summed E-state index contributed by atoms with van der Waals surface area (Å²) in [5.41, 5.74) is 1.09. The molecule has 1 saturated heterocycles. The minimum atomic E-state index is -3.15. The number of hydrogen-bond donors (Lipinski definition) is 1. The molecule has 0 aliphatic carbocycles. The lowest BCUT2D eigenvalue weighted by Crippen LogP contribution is -2.41. The zero-order valence-electron chi connectivity index (χ0n) is 14.2. The van der Waals surface area contributed by atoms with Gasteiger partial charge in [0.15, 0.2) is 0 Å². The molecule has 1 aromatic heterocycles. The smallest absolute Gasteiger partial charge is 0.211 e. The van der Waals surface area contributed by atoms with Crippen molar-refractivity contribution in [1.29, 1.82) is 0 Å². The van der Waals surface area contributed by atoms with Gasteiger partial charge < -0.3 is 4.90 Å². The Hall–Kier alpha value is -0.980. The maximum Gasteiger partial charge on any atom is 0.211 e. The molecule has 1 aromatic rings. The van der Waals surface area contributed by atoms with E-state index < -0.39 is 10.0 Å². The minimum Gasteiger partial charge on any atom is -0.301 e. The molecule has 2 atom stereocenters. The molecule has 0 unspecified atom stereocenters. The van der Waals surface area contributed by atoms with Gasteiger partial charge in [-0.15, -0.1) is 0 Å². The third-order valence-electron chi connectivity index (χ3n) is 4.39. The number of likely N-dealkylation sites (tertiary alicyclic amines) is 1. The van der Waals surface area contributed by atoms with Crippen molar-refractivity contribution in [3.8, 4) is 0 Å². The number of pyridine rings is 1. The van der Waals surface area contributed by atoms with Crippen LogP contribution < -0.4 is 4.72 Å². The van der Waals surface area contributed by atoms with Crippen LogP contribution in [0.2, 0.25) is 0 Å². The van der Waals surface area contributed by atoms with Crippen molar-refractivity contribution in [3.63, 3.8) is 0 Å². The van der Waals surface area contributed by atoms with E-state index in [9.17, 15) is 8.42 Å². The van der Waals surface area contributed by atoms with Crippen LogP contribution in [0, 0.1) is 5.92 Å². The van der Waals surface area contributed by atoms with Gasteiger partial charge in [0.05, 0.1) is 5.75 Å². The fraction of sp³-hybridized carbons (Fsp3) is 0.706. The fourth-order valence-electron chi connectivity index (χ4n) is 3.32. The summed E-state index contributed by atoms with van der Waals surface area (Å²) in [5, 5.41) is 0. The molecule has 6 heteroatoms. The molecular formula is C17H29N3O2S. The second-order valence-corrected chi connectivity index (χ2v) is 8.30. The molecule has 0 saturated carbocycles. The number of nitrogens with zero attached hydrogens (tertiary/aromatic N) is 2. The highest BCUT2D eigenvalue weighted by Crippen LogP contribution is 2.22. The summed E-state index contributed by atoms with van der Waals surface area (Å²) in [6.07, 6.45) is 5.54. The Kier molecular flexibility index (Phi) is 6.99. The SMILES string of the molecule is CCC[C@H]1CN(CCc2ccccn2)C[C@@H]1NS(=O)(=O)CCC. The quantitative estimate of drug-likeness (QED) is 0.748. The van der Waals surface area contributed by atoms with Crippen molar-refractivity contribution < 1.29 is 8.42 Å². The van der Waals surface area contributed by atoms with Crippen molar-refractivity contribution in [2.45, 2.75) is 45.6 Å². The lowest BCUT2D eigenvalue weighted by atomic mass is 9.99. The van der Waals surface area contributed by atoms with E-state index in [2.05, 4.69) is 21.5 Å². The summed E-state index contributed by atoms with van der Waals surface area (Å²) in [7, 11) is -3.15. The third-order valence-corrected chi connectivity index (χ3v) is 6.00. The number of sulfonamides is 1. The van der Waals surface area contributed by atoms with Gasteiger partial charge in [0.1, 0.15) is 0 Å². The zero-order chi connectivity index (χ0) is 16.7. The number of aromatic nitrogens is 1. The molecule has 130 valence electrons. The Morgan fingerprint density at radius 1 is 1.26 bits per heavy atom. The first-order valence-electron chi connectivity index (χ1n) is 8.66. The van der Waals surface area contributed by atoms with E-state index >= 15 is 0 Å². The van der Waals surface area contributed by atoms with Gasteiger partial charge in [0.25, 0.3) is 0 Å². The van der Waals surface area contributed by atoms with Crippen LogP contribution in [0.25, 0.3) is 0 Å². The van der Waals surface area contributed by atoms with Crippen LogP contribution in [0.3, 0.4) is 0 Å². The van der Waals surface area contributed by atoms with Crippen molar-refractivity contribution in [2.24, 2.45) is 5.92 Å². The molecule has 0 bridgehead atoms. The van der Waals surface area contributed by atoms with Gasteiger partial charge in [-0.25, -0.2) is 13.1 Å². The highest BCUT2D eigenvalue weighted by atomic mass is 32.2. The van der Waals surface area contributed by atoms with Gasteiger partial charge in [-0.3, -0.25) is 4.98 Å². The van der Waals surface area contributed by atoms with E-state index in [1.165, 1.54) is 0 Å². The van der Waals surface area contributed by atoms with Gasteiger partial charge in [-0.05, 0) is 30.9 Å². The molecule has 2 heterocycles. The van der Waals surface area contributed by atoms with Gasteiger partial charge in [0, 0.05) is 44.0 Å². The molecule has 1 fully saturated rings. The van der Waals surface area contributed by atoms with Crippen molar-refractivity contribution >= 4 is 10.0 Å². The maximum absolute atomic E-state index is 12.1. The molecule has 0 spiro atoms. The first-order valence-corrected chi connectivity index (χ1v) is 10.3. The van der Waals surface area contributed by atoms with Crippen LogP contribution >= 0.6 is 0 Å². The van der Waals surface area contributed by atoms with E-state index in [-0.39, 0.29) is 11.8 Å². The average molecular weight is 340 g/mol. The highest BCUT2D eigenvalue weighted by molar-refractivity contribution is 7.89. The van der Waals surface area contributed by atoms with Gasteiger partial charge >= 0.3 is 0 Å². The molecule has 0 aromatic carbocycles. The predicted molar refractivity (Wildman–Crippen MR) is 93.8 cm³/mol. The first-order chi connectivity index (χ1) is 11.0. The monoisotopic (exact) mass is 339 g/mol. The Bertz CT molecular complexity index is 562. The number of nitrogens with one attached hydrogen (secondary N) is 1. The van der Waals surface area contributed by atoms with E-state index in [1.807, 2.05) is 31.3 Å².